The molecule has 26 heavy (non-hydrogen) atoms. The molecule has 1 aromatic carbocycles. The lowest BCUT2D eigenvalue weighted by Crippen LogP contribution is -2.22. The third kappa shape index (κ3) is 5.03. The van der Waals surface area contributed by atoms with Gasteiger partial charge in [0, 0.05) is 22.7 Å². The lowest BCUT2D eigenvalue weighted by Gasteiger charge is -2.08. The first-order valence-electron chi connectivity index (χ1n) is 8.02. The Morgan fingerprint density at radius 1 is 1.27 bits per heavy atom. The summed E-state index contributed by atoms with van der Waals surface area (Å²) >= 11 is 1.32. The van der Waals surface area contributed by atoms with E-state index >= 15 is 0 Å². The van der Waals surface area contributed by atoms with E-state index in [9.17, 15) is 19.7 Å². The number of hydrogen-bond donors (Lipinski definition) is 2. The number of nitro groups is 1. The number of nitro benzene ring substituents is 1. The van der Waals surface area contributed by atoms with Crippen molar-refractivity contribution in [2.75, 3.05) is 23.8 Å². The van der Waals surface area contributed by atoms with Crippen molar-refractivity contribution < 1.29 is 19.2 Å². The Bertz CT molecular complexity index is 818. The summed E-state index contributed by atoms with van der Waals surface area (Å²) in [7, 11) is 0. The summed E-state index contributed by atoms with van der Waals surface area (Å²) in [6.07, 6.45) is 0.735. The molecule has 0 atom stereocenters. The number of nitrogens with zero attached hydrogens (tertiary/aromatic N) is 1. The molecule has 1 amide bonds. The standard InChI is InChI=1S/C17H19N3O5S/c1-3-13-9-14(17(22)25-4-2)16(26-13)19-15(21)10-18-11-6-5-7-12(8-11)20(23)24/h5-9,18H,3-4,10H2,1-2H3,(H,19,21). The van der Waals surface area contributed by atoms with Crippen LogP contribution in [0.25, 0.3) is 0 Å². The molecule has 0 radical (unpaired) electrons. The zero-order valence-corrected chi connectivity index (χ0v) is 15.2. The fourth-order valence-corrected chi connectivity index (χ4v) is 3.15. The van der Waals surface area contributed by atoms with Gasteiger partial charge < -0.3 is 15.4 Å². The molecule has 2 rings (SSSR count). The Labute approximate surface area is 154 Å². The summed E-state index contributed by atoms with van der Waals surface area (Å²) < 4.78 is 5.01. The van der Waals surface area contributed by atoms with Gasteiger partial charge in [-0.15, -0.1) is 11.3 Å². The molecule has 1 heterocycles. The topological polar surface area (TPSA) is 111 Å². The molecule has 0 saturated carbocycles. The summed E-state index contributed by atoms with van der Waals surface area (Å²) in [5.41, 5.74) is 0.726. The van der Waals surface area contributed by atoms with Gasteiger partial charge in [0.25, 0.3) is 5.69 Å². The van der Waals surface area contributed by atoms with Crippen molar-refractivity contribution in [1.29, 1.82) is 0 Å². The van der Waals surface area contributed by atoms with Crippen LogP contribution >= 0.6 is 11.3 Å². The summed E-state index contributed by atoms with van der Waals surface area (Å²) in [5.74, 6) is -0.850. The van der Waals surface area contributed by atoms with Crippen LogP contribution in [0.1, 0.15) is 29.1 Å². The van der Waals surface area contributed by atoms with Crippen molar-refractivity contribution in [3.8, 4) is 0 Å². The van der Waals surface area contributed by atoms with Crippen LogP contribution in [0.15, 0.2) is 30.3 Å². The molecule has 0 aliphatic heterocycles. The Morgan fingerprint density at radius 2 is 2.04 bits per heavy atom. The predicted molar refractivity (Wildman–Crippen MR) is 99.9 cm³/mol. The van der Waals surface area contributed by atoms with Crippen molar-refractivity contribution >= 4 is 39.6 Å². The zero-order valence-electron chi connectivity index (χ0n) is 14.4. The SMILES string of the molecule is CCOC(=O)c1cc(CC)sc1NC(=O)CNc1cccc([N+](=O)[O-])c1. The highest BCUT2D eigenvalue weighted by Gasteiger charge is 2.18. The second-order valence-electron chi connectivity index (χ2n) is 5.24. The minimum Gasteiger partial charge on any atom is -0.462 e. The van der Waals surface area contributed by atoms with E-state index in [-0.39, 0.29) is 24.7 Å². The van der Waals surface area contributed by atoms with E-state index < -0.39 is 10.9 Å². The Morgan fingerprint density at radius 3 is 2.69 bits per heavy atom. The summed E-state index contributed by atoms with van der Waals surface area (Å²) in [6, 6.07) is 7.59. The largest absolute Gasteiger partial charge is 0.462 e. The normalized spacial score (nSPS) is 10.2. The van der Waals surface area contributed by atoms with Crippen molar-refractivity contribution in [2.45, 2.75) is 20.3 Å². The minimum atomic E-state index is -0.505. The number of aryl methyl sites for hydroxylation is 1. The van der Waals surface area contributed by atoms with Crippen LogP contribution in [0.3, 0.4) is 0 Å². The van der Waals surface area contributed by atoms with E-state index in [1.807, 2.05) is 6.92 Å². The molecule has 0 aliphatic carbocycles. The van der Waals surface area contributed by atoms with Gasteiger partial charge in [-0.3, -0.25) is 14.9 Å². The van der Waals surface area contributed by atoms with E-state index in [1.165, 1.54) is 29.5 Å². The van der Waals surface area contributed by atoms with Gasteiger partial charge in [0.1, 0.15) is 5.00 Å². The zero-order chi connectivity index (χ0) is 19.1. The van der Waals surface area contributed by atoms with Crippen LogP contribution < -0.4 is 10.6 Å². The molecular formula is C17H19N3O5S. The van der Waals surface area contributed by atoms with Crippen LogP contribution in [0, 0.1) is 10.1 Å². The van der Waals surface area contributed by atoms with Gasteiger partial charge in [0.15, 0.2) is 0 Å². The smallest absolute Gasteiger partial charge is 0.341 e. The summed E-state index contributed by atoms with van der Waals surface area (Å²) in [5, 5.41) is 16.7. The number of benzene rings is 1. The Kier molecular flexibility index (Phi) is 6.67. The van der Waals surface area contributed by atoms with Gasteiger partial charge >= 0.3 is 5.97 Å². The number of nitrogens with one attached hydrogen (secondary N) is 2. The highest BCUT2D eigenvalue weighted by Crippen LogP contribution is 2.29. The molecule has 0 saturated heterocycles. The second kappa shape index (κ2) is 8.95. The molecule has 138 valence electrons. The number of carbonyl (C=O) groups is 2. The molecule has 0 fully saturated rings. The number of thiophene rings is 1. The first kappa shape index (κ1) is 19.4. The van der Waals surface area contributed by atoms with Gasteiger partial charge in [-0.25, -0.2) is 4.79 Å². The lowest BCUT2D eigenvalue weighted by molar-refractivity contribution is -0.384. The predicted octanol–water partition coefficient (Wildman–Crippen LogP) is 3.45. The third-order valence-electron chi connectivity index (χ3n) is 3.39. The van der Waals surface area contributed by atoms with Crippen LogP contribution in [-0.4, -0.2) is 30.0 Å². The van der Waals surface area contributed by atoms with Gasteiger partial charge in [0.05, 0.1) is 23.6 Å². The molecule has 1 aromatic heterocycles. The average molecular weight is 377 g/mol. The first-order valence-corrected chi connectivity index (χ1v) is 8.84. The van der Waals surface area contributed by atoms with E-state index in [1.54, 1.807) is 19.1 Å². The maximum atomic E-state index is 12.2. The van der Waals surface area contributed by atoms with Gasteiger partial charge in [-0.2, -0.15) is 0 Å². The minimum absolute atomic E-state index is 0.0640. The number of non-ortho nitro benzene ring substituents is 1. The van der Waals surface area contributed by atoms with Gasteiger partial charge in [-0.1, -0.05) is 13.0 Å². The molecule has 2 aromatic rings. The number of amides is 1. The Hall–Kier alpha value is -2.94. The van der Waals surface area contributed by atoms with E-state index in [0.29, 0.717) is 16.3 Å². The molecule has 0 bridgehead atoms. The van der Waals surface area contributed by atoms with Crippen LogP contribution in [0.5, 0.6) is 0 Å². The van der Waals surface area contributed by atoms with Crippen molar-refractivity contribution in [2.24, 2.45) is 0 Å². The number of ether oxygens (including phenoxy) is 1. The van der Waals surface area contributed by atoms with Gasteiger partial charge in [-0.05, 0) is 25.5 Å². The number of hydrogen-bond acceptors (Lipinski definition) is 7. The maximum Gasteiger partial charge on any atom is 0.341 e. The molecule has 2 N–H and O–H groups in total. The molecular weight excluding hydrogens is 358 g/mol. The summed E-state index contributed by atoms with van der Waals surface area (Å²) in [6.45, 7) is 3.82. The third-order valence-corrected chi connectivity index (χ3v) is 4.58. The molecule has 8 nitrogen and oxygen atoms in total. The highest BCUT2D eigenvalue weighted by molar-refractivity contribution is 7.16. The molecule has 0 unspecified atom stereocenters. The fourth-order valence-electron chi connectivity index (χ4n) is 2.15. The van der Waals surface area contributed by atoms with Crippen molar-refractivity contribution in [1.82, 2.24) is 0 Å². The number of anilines is 2. The van der Waals surface area contributed by atoms with E-state index in [0.717, 1.165) is 11.3 Å². The van der Waals surface area contributed by atoms with Crippen LogP contribution in [0.4, 0.5) is 16.4 Å². The molecule has 9 heteroatoms. The lowest BCUT2D eigenvalue weighted by atomic mass is 10.2. The Balaban J connectivity index is 2.03. The monoisotopic (exact) mass is 377 g/mol. The number of esters is 1. The van der Waals surface area contributed by atoms with E-state index in [4.69, 9.17) is 4.74 Å². The van der Waals surface area contributed by atoms with Crippen LogP contribution in [-0.2, 0) is 16.0 Å². The molecule has 0 spiro atoms. The number of carbonyl (C=O) groups excluding carboxylic acids is 2. The second-order valence-corrected chi connectivity index (χ2v) is 6.38. The highest BCUT2D eigenvalue weighted by atomic mass is 32.1. The average Bonchev–Trinajstić information content (AvgIpc) is 3.03. The van der Waals surface area contributed by atoms with E-state index in [2.05, 4.69) is 10.6 Å². The first-order chi connectivity index (χ1) is 12.4. The van der Waals surface area contributed by atoms with Crippen molar-refractivity contribution in [3.05, 3.63) is 50.9 Å². The quantitative estimate of drug-likeness (QED) is 0.414. The fraction of sp³-hybridized carbons (Fsp3) is 0.294. The summed E-state index contributed by atoms with van der Waals surface area (Å²) in [4.78, 5) is 35.4. The number of rotatable bonds is 8. The maximum absolute atomic E-state index is 12.2. The van der Waals surface area contributed by atoms with Crippen LogP contribution in [0.2, 0.25) is 0 Å². The van der Waals surface area contributed by atoms with Gasteiger partial charge in [0.2, 0.25) is 5.91 Å². The molecule has 0 aliphatic rings. The van der Waals surface area contributed by atoms with Crippen molar-refractivity contribution in [3.63, 3.8) is 0 Å².